The van der Waals surface area contributed by atoms with Crippen molar-refractivity contribution < 1.29 is 31.8 Å². The van der Waals surface area contributed by atoms with Gasteiger partial charge in [0.25, 0.3) is 6.43 Å². The molecule has 3 fully saturated rings. The average molecular weight is 741 g/mol. The lowest BCUT2D eigenvalue weighted by atomic mass is 10.1. The monoisotopic (exact) mass is 740 g/mol. The van der Waals surface area contributed by atoms with E-state index in [0.717, 1.165) is 12.8 Å². The number of ether oxygens (including phenoxy) is 1. The third-order valence-corrected chi connectivity index (χ3v) is 12.8. The molecule has 4 heterocycles. The van der Waals surface area contributed by atoms with Gasteiger partial charge in [-0.15, -0.1) is 14.5 Å². The number of nitrogens with zero attached hydrogens (tertiary/aromatic N) is 8. The van der Waals surface area contributed by atoms with E-state index in [-0.39, 0.29) is 59.2 Å². The Hall–Kier alpha value is -4.24. The Morgan fingerprint density at radius 2 is 1.84 bits per heavy atom. The number of hydrogen-bond acceptors (Lipinski definition) is 10. The van der Waals surface area contributed by atoms with Crippen LogP contribution in [0.2, 0.25) is 0 Å². The topological polar surface area (TPSA) is 138 Å². The van der Waals surface area contributed by atoms with Crippen molar-refractivity contribution in [3.63, 3.8) is 0 Å². The Labute approximate surface area is 298 Å². The van der Waals surface area contributed by atoms with Gasteiger partial charge in [-0.1, -0.05) is 37.3 Å². The Kier molecular flexibility index (Phi) is 9.23. The molecule has 0 radical (unpaired) electrons. The Morgan fingerprint density at radius 3 is 2.39 bits per heavy atom. The average Bonchev–Trinajstić information content (AvgIpc) is 3.45. The van der Waals surface area contributed by atoms with E-state index in [9.17, 15) is 27.1 Å². The summed E-state index contributed by atoms with van der Waals surface area (Å²) in [4.78, 5) is 21.0. The molecule has 2 bridgehead atoms. The normalized spacial score (nSPS) is 19.8. The van der Waals surface area contributed by atoms with Crippen LogP contribution in [0.5, 0.6) is 5.75 Å². The quantitative estimate of drug-likeness (QED) is 0.201. The summed E-state index contributed by atoms with van der Waals surface area (Å²) < 4.78 is 65.2. The maximum Gasteiger partial charge on any atom is 0.302 e. The number of alkyl halides is 2. The van der Waals surface area contributed by atoms with Gasteiger partial charge in [0.2, 0.25) is 15.9 Å². The summed E-state index contributed by atoms with van der Waals surface area (Å²) in [6.07, 6.45) is -0.518. The van der Waals surface area contributed by atoms with Gasteiger partial charge >= 0.3 is 5.66 Å². The van der Waals surface area contributed by atoms with Crippen LogP contribution in [0, 0.1) is 12.5 Å². The molecular formula is C34H38F2N8O5S2. The zero-order valence-electron chi connectivity index (χ0n) is 28.4. The molecule has 2 aliphatic heterocycles. The number of methoxy groups -OCH3 is 1. The number of halogens is 2. The first-order chi connectivity index (χ1) is 24.4. The van der Waals surface area contributed by atoms with Crippen molar-refractivity contribution in [3.8, 4) is 16.5 Å². The number of aliphatic hydroxyl groups excluding tert-OH is 1. The van der Waals surface area contributed by atoms with Crippen molar-refractivity contribution in [2.75, 3.05) is 31.7 Å². The zero-order chi connectivity index (χ0) is 36.2. The molecule has 0 spiro atoms. The summed E-state index contributed by atoms with van der Waals surface area (Å²) in [6, 6.07) is 9.84. The first kappa shape index (κ1) is 35.2. The molecule has 17 heteroatoms. The third kappa shape index (κ3) is 6.21. The van der Waals surface area contributed by atoms with Crippen LogP contribution in [0.3, 0.4) is 0 Å². The predicted octanol–water partition coefficient (Wildman–Crippen LogP) is 4.93. The van der Waals surface area contributed by atoms with Gasteiger partial charge in [-0.3, -0.25) is 14.3 Å². The second-order valence-corrected chi connectivity index (χ2v) is 16.4. The number of piperazine rings is 1. The maximum atomic E-state index is 14.9. The van der Waals surface area contributed by atoms with Crippen LogP contribution in [-0.4, -0.2) is 93.2 Å². The molecule has 3 aliphatic rings. The van der Waals surface area contributed by atoms with E-state index in [4.69, 9.17) is 11.3 Å². The molecule has 51 heavy (non-hydrogen) atoms. The van der Waals surface area contributed by atoms with E-state index in [2.05, 4.69) is 25.0 Å². The fraction of sp³-hybridized carbons (Fsp3) is 0.500. The van der Waals surface area contributed by atoms with E-state index >= 15 is 0 Å². The molecular weight excluding hydrogens is 703 g/mol. The van der Waals surface area contributed by atoms with Gasteiger partial charge in [0.05, 0.1) is 49.2 Å². The molecule has 1 saturated carbocycles. The van der Waals surface area contributed by atoms with Gasteiger partial charge in [0.15, 0.2) is 10.0 Å². The molecule has 2 unspecified atom stereocenters. The van der Waals surface area contributed by atoms with Crippen LogP contribution in [0.4, 0.5) is 14.5 Å². The van der Waals surface area contributed by atoms with Crippen LogP contribution in [0.25, 0.3) is 26.4 Å². The molecule has 1 N–H and O–H groups in total. The molecule has 270 valence electrons. The van der Waals surface area contributed by atoms with Crippen molar-refractivity contribution in [2.45, 2.75) is 81.7 Å². The van der Waals surface area contributed by atoms with E-state index in [0.29, 0.717) is 65.2 Å². The molecule has 4 aromatic rings. The number of carbonyl (C=O) groups is 1. The molecule has 2 aromatic carbocycles. The number of carbonyl (C=O) groups excluding carboxylic acids is 1. The highest BCUT2D eigenvalue weighted by Crippen LogP contribution is 2.48. The summed E-state index contributed by atoms with van der Waals surface area (Å²) in [7, 11) is -2.83. The fourth-order valence-electron chi connectivity index (χ4n) is 7.26. The minimum Gasteiger partial charge on any atom is -0.497 e. The van der Waals surface area contributed by atoms with Crippen LogP contribution in [0.15, 0.2) is 41.3 Å². The van der Waals surface area contributed by atoms with Crippen molar-refractivity contribution in [2.24, 2.45) is 5.92 Å². The Morgan fingerprint density at radius 1 is 1.16 bits per heavy atom. The zero-order valence-corrected chi connectivity index (χ0v) is 30.0. The van der Waals surface area contributed by atoms with Gasteiger partial charge < -0.3 is 19.6 Å². The summed E-state index contributed by atoms with van der Waals surface area (Å²) in [5.74, 6) is 0.510. The highest BCUT2D eigenvalue weighted by atomic mass is 32.2. The second-order valence-electron chi connectivity index (χ2n) is 13.5. The minimum absolute atomic E-state index is 0.0409. The predicted molar refractivity (Wildman–Crippen MR) is 186 cm³/mol. The number of aromatic nitrogens is 4. The van der Waals surface area contributed by atoms with E-state index in [1.54, 1.807) is 35.0 Å². The fourth-order valence-corrected chi connectivity index (χ4v) is 9.73. The van der Waals surface area contributed by atoms with Gasteiger partial charge in [-0.2, -0.15) is 5.10 Å². The van der Waals surface area contributed by atoms with Gasteiger partial charge in [0.1, 0.15) is 11.4 Å². The van der Waals surface area contributed by atoms with Gasteiger partial charge in [-0.05, 0) is 42.7 Å². The number of hydrogen-bond donors (Lipinski definition) is 1. The Balaban J connectivity index is 1.40. The molecule has 13 nitrogen and oxygen atoms in total. The number of rotatable bonds is 12. The lowest BCUT2D eigenvalue weighted by Gasteiger charge is -2.43. The van der Waals surface area contributed by atoms with Gasteiger partial charge in [0, 0.05) is 43.0 Å². The third-order valence-electron chi connectivity index (χ3n) is 9.95. The molecule has 7 rings (SSSR count). The van der Waals surface area contributed by atoms with Crippen molar-refractivity contribution in [3.05, 3.63) is 58.4 Å². The maximum absolute atomic E-state index is 14.9. The summed E-state index contributed by atoms with van der Waals surface area (Å²) in [5, 5.41) is 22.3. The van der Waals surface area contributed by atoms with Crippen molar-refractivity contribution in [1.29, 1.82) is 0 Å². The summed E-state index contributed by atoms with van der Waals surface area (Å²) >= 11 is 0.663. The largest absolute Gasteiger partial charge is 0.497 e. The molecule has 1 amide bonds. The SMILES string of the molecule is [C-]#[N+]C1(N(Cc2ccc(OC)cc2)S(=O)(=O)c2cc(N3CC4CCC(C3)N4C(=O)C(C)C)c3c(c2)c(-c2nnc(C(F)F)s2)nn3CCO)CC1. The number of anilines is 1. The summed E-state index contributed by atoms with van der Waals surface area (Å²) in [5.41, 5.74) is 0.588. The molecule has 2 atom stereocenters. The molecule has 2 saturated heterocycles. The van der Waals surface area contributed by atoms with E-state index in [1.807, 2.05) is 18.7 Å². The standard InChI is InChI=1S/C34H38F2N8O5S2/c1-20(2)33(46)44-22-7-8-23(44)19-41(18-22)27-16-25(15-26-28(40-42(13-14-45)29(26)27)31-38-39-32(50-31)30(35)36)51(47,48)43(34(37-3)11-12-34)17-21-5-9-24(49-4)10-6-21/h5-6,9-10,15-16,20,22-23,30,45H,7-8,11-14,17-19H2,1-2,4H3. The first-order valence-corrected chi connectivity index (χ1v) is 19.0. The highest BCUT2D eigenvalue weighted by Gasteiger charge is 2.61. The van der Waals surface area contributed by atoms with E-state index in [1.165, 1.54) is 17.5 Å². The number of sulfonamides is 1. The van der Waals surface area contributed by atoms with E-state index < -0.39 is 27.1 Å². The van der Waals surface area contributed by atoms with Gasteiger partial charge in [-0.25, -0.2) is 23.8 Å². The smallest absolute Gasteiger partial charge is 0.302 e. The van der Waals surface area contributed by atoms with Crippen LogP contribution < -0.4 is 9.64 Å². The van der Waals surface area contributed by atoms with Crippen LogP contribution >= 0.6 is 11.3 Å². The second kappa shape index (κ2) is 13.4. The number of aliphatic hydroxyl groups is 1. The lowest BCUT2D eigenvalue weighted by Crippen LogP contribution is -2.57. The number of amides is 1. The minimum atomic E-state index is -4.37. The van der Waals surface area contributed by atoms with Crippen LogP contribution in [0.1, 0.15) is 56.5 Å². The summed E-state index contributed by atoms with van der Waals surface area (Å²) in [6.45, 7) is 12.3. The van der Waals surface area contributed by atoms with Crippen LogP contribution in [-0.2, 0) is 27.9 Å². The van der Waals surface area contributed by atoms with Crippen molar-refractivity contribution >= 4 is 43.9 Å². The molecule has 2 aromatic heterocycles. The Bertz CT molecular complexity index is 2100. The lowest BCUT2D eigenvalue weighted by molar-refractivity contribution is -0.137. The van der Waals surface area contributed by atoms with Crippen molar-refractivity contribution in [1.82, 2.24) is 29.2 Å². The molecule has 1 aliphatic carbocycles. The number of benzene rings is 2. The number of fused-ring (bicyclic) bond motifs is 3. The highest BCUT2D eigenvalue weighted by molar-refractivity contribution is 7.89. The first-order valence-electron chi connectivity index (χ1n) is 16.8.